The maximum atomic E-state index is 9.63. The van der Waals surface area contributed by atoms with Crippen LogP contribution in [0.2, 0.25) is 0 Å². The molecule has 2 fully saturated rings. The number of hydrogen-bond acceptors (Lipinski definition) is 4. The minimum absolute atomic E-state index is 0.0463. The number of aliphatic hydroxyl groups is 2. The van der Waals surface area contributed by atoms with Crippen LogP contribution in [0.25, 0.3) is 0 Å². The second kappa shape index (κ2) is 2.42. The Hall–Kier alpha value is -0.160. The highest BCUT2D eigenvalue weighted by molar-refractivity contribution is 4.95. The minimum Gasteiger partial charge on any atom is -0.365 e. The van der Waals surface area contributed by atoms with E-state index in [1.165, 1.54) is 0 Å². The van der Waals surface area contributed by atoms with E-state index in [1.54, 1.807) is 0 Å². The number of piperidine rings is 2. The average molecular weight is 158 g/mol. The summed E-state index contributed by atoms with van der Waals surface area (Å²) >= 11 is 0. The van der Waals surface area contributed by atoms with Gasteiger partial charge in [-0.15, -0.1) is 0 Å². The second-order valence-corrected chi connectivity index (χ2v) is 3.49. The zero-order chi connectivity index (χ0) is 7.90. The summed E-state index contributed by atoms with van der Waals surface area (Å²) in [7, 11) is 0. The summed E-state index contributed by atoms with van der Waals surface area (Å²) in [5.41, 5.74) is 0. The van der Waals surface area contributed by atoms with Gasteiger partial charge in [0.25, 0.3) is 0 Å². The molecule has 0 saturated carbocycles. The van der Waals surface area contributed by atoms with Crippen LogP contribution in [0.5, 0.6) is 0 Å². The molecule has 2 saturated heterocycles. The van der Waals surface area contributed by atoms with Crippen molar-refractivity contribution < 1.29 is 10.2 Å². The van der Waals surface area contributed by atoms with Gasteiger partial charge in [-0.25, -0.2) is 0 Å². The van der Waals surface area contributed by atoms with Crippen molar-refractivity contribution in [1.29, 1.82) is 0 Å². The molecule has 4 N–H and O–H groups in total. The molecule has 0 aromatic heterocycles. The van der Waals surface area contributed by atoms with E-state index >= 15 is 0 Å². The van der Waals surface area contributed by atoms with E-state index in [4.69, 9.17) is 0 Å². The summed E-state index contributed by atoms with van der Waals surface area (Å²) in [6.45, 7) is 2.82. The lowest BCUT2D eigenvalue weighted by Crippen LogP contribution is -2.65. The van der Waals surface area contributed by atoms with E-state index in [2.05, 4.69) is 10.6 Å². The molecule has 2 bridgehead atoms. The van der Waals surface area contributed by atoms with E-state index < -0.39 is 5.79 Å². The van der Waals surface area contributed by atoms with Crippen molar-refractivity contribution in [3.8, 4) is 0 Å². The molecule has 64 valence electrons. The first-order valence-corrected chi connectivity index (χ1v) is 4.07. The summed E-state index contributed by atoms with van der Waals surface area (Å²) in [5.74, 6) is -1.53. The molecule has 0 aliphatic carbocycles. The highest BCUT2D eigenvalue weighted by Gasteiger charge is 2.46. The molecule has 0 unspecified atom stereocenters. The van der Waals surface area contributed by atoms with Crippen LogP contribution in [0, 0.1) is 11.8 Å². The molecule has 2 aliphatic rings. The zero-order valence-corrected chi connectivity index (χ0v) is 6.38. The Morgan fingerprint density at radius 3 is 1.55 bits per heavy atom. The molecule has 0 aromatic carbocycles. The Kier molecular flexibility index (Phi) is 1.64. The summed E-state index contributed by atoms with van der Waals surface area (Å²) in [5, 5.41) is 25.6. The third-order valence-corrected chi connectivity index (χ3v) is 2.76. The Balaban J connectivity index is 2.17. The molecule has 0 aromatic rings. The van der Waals surface area contributed by atoms with Crippen molar-refractivity contribution in [3.05, 3.63) is 0 Å². The number of rotatable bonds is 0. The molecular weight excluding hydrogens is 144 g/mol. The second-order valence-electron chi connectivity index (χ2n) is 3.49. The molecule has 0 atom stereocenters. The first kappa shape index (κ1) is 7.49. The van der Waals surface area contributed by atoms with Gasteiger partial charge in [0.05, 0.1) is 0 Å². The maximum Gasteiger partial charge on any atom is 0.173 e. The lowest BCUT2D eigenvalue weighted by atomic mass is 9.80. The summed E-state index contributed by atoms with van der Waals surface area (Å²) < 4.78 is 0. The lowest BCUT2D eigenvalue weighted by Gasteiger charge is -2.46. The molecule has 11 heavy (non-hydrogen) atoms. The number of hydrogen-bond donors (Lipinski definition) is 4. The van der Waals surface area contributed by atoms with Crippen LogP contribution in [-0.2, 0) is 0 Å². The molecule has 2 heterocycles. The highest BCUT2D eigenvalue weighted by atomic mass is 16.5. The van der Waals surface area contributed by atoms with Gasteiger partial charge < -0.3 is 20.8 Å². The molecule has 4 heteroatoms. The quantitative estimate of drug-likeness (QED) is 0.311. The van der Waals surface area contributed by atoms with Gasteiger partial charge in [0.2, 0.25) is 0 Å². The predicted molar refractivity (Wildman–Crippen MR) is 39.9 cm³/mol. The first-order valence-electron chi connectivity index (χ1n) is 4.07. The highest BCUT2D eigenvalue weighted by Crippen LogP contribution is 2.28. The molecule has 4 nitrogen and oxygen atoms in total. The van der Waals surface area contributed by atoms with Crippen LogP contribution < -0.4 is 10.6 Å². The molecule has 2 aliphatic heterocycles. The van der Waals surface area contributed by atoms with Gasteiger partial charge in [-0.2, -0.15) is 0 Å². The minimum atomic E-state index is -1.43. The van der Waals surface area contributed by atoms with Crippen molar-refractivity contribution in [2.75, 3.05) is 26.2 Å². The largest absolute Gasteiger partial charge is 0.365 e. The van der Waals surface area contributed by atoms with Crippen LogP contribution in [0.1, 0.15) is 0 Å². The van der Waals surface area contributed by atoms with E-state index in [1.807, 2.05) is 0 Å². The smallest absolute Gasteiger partial charge is 0.173 e. The van der Waals surface area contributed by atoms with E-state index in [-0.39, 0.29) is 11.8 Å². The summed E-state index contributed by atoms with van der Waals surface area (Å²) in [4.78, 5) is 0. The molecular formula is C7H14N2O2. The summed E-state index contributed by atoms with van der Waals surface area (Å²) in [6, 6.07) is 0. The molecule has 0 radical (unpaired) electrons. The predicted octanol–water partition coefficient (Wildman–Crippen LogP) is -1.89. The van der Waals surface area contributed by atoms with Crippen molar-refractivity contribution in [3.63, 3.8) is 0 Å². The molecule has 2 rings (SSSR count). The van der Waals surface area contributed by atoms with Gasteiger partial charge in [-0.1, -0.05) is 0 Å². The van der Waals surface area contributed by atoms with Gasteiger partial charge in [-0.05, 0) is 0 Å². The Morgan fingerprint density at radius 1 is 0.909 bits per heavy atom. The first-order chi connectivity index (χ1) is 5.21. The maximum absolute atomic E-state index is 9.63. The van der Waals surface area contributed by atoms with Gasteiger partial charge in [0, 0.05) is 38.0 Å². The van der Waals surface area contributed by atoms with Gasteiger partial charge in [0.1, 0.15) is 0 Å². The van der Waals surface area contributed by atoms with Crippen molar-refractivity contribution in [2.45, 2.75) is 5.79 Å². The van der Waals surface area contributed by atoms with Crippen LogP contribution in [0.4, 0.5) is 0 Å². The van der Waals surface area contributed by atoms with Crippen LogP contribution >= 0.6 is 0 Å². The average Bonchev–Trinajstić information content (AvgIpc) is 1.82. The zero-order valence-electron chi connectivity index (χ0n) is 6.38. The topological polar surface area (TPSA) is 64.5 Å². The third kappa shape index (κ3) is 1.06. The monoisotopic (exact) mass is 158 g/mol. The van der Waals surface area contributed by atoms with Crippen molar-refractivity contribution in [1.82, 2.24) is 10.6 Å². The SMILES string of the molecule is OC1(O)C2CNCC1CNC2. The molecule has 0 amide bonds. The fourth-order valence-electron chi connectivity index (χ4n) is 1.94. The van der Waals surface area contributed by atoms with Crippen LogP contribution in [0.15, 0.2) is 0 Å². The van der Waals surface area contributed by atoms with E-state index in [9.17, 15) is 10.2 Å². The van der Waals surface area contributed by atoms with E-state index in [0.717, 1.165) is 0 Å². The Bertz CT molecular complexity index is 137. The van der Waals surface area contributed by atoms with Crippen LogP contribution in [0.3, 0.4) is 0 Å². The van der Waals surface area contributed by atoms with Gasteiger partial charge in [0.15, 0.2) is 5.79 Å². The fourth-order valence-corrected chi connectivity index (χ4v) is 1.94. The van der Waals surface area contributed by atoms with Crippen molar-refractivity contribution >= 4 is 0 Å². The lowest BCUT2D eigenvalue weighted by molar-refractivity contribution is -0.252. The van der Waals surface area contributed by atoms with Crippen LogP contribution in [-0.4, -0.2) is 42.2 Å². The van der Waals surface area contributed by atoms with E-state index in [0.29, 0.717) is 26.2 Å². The third-order valence-electron chi connectivity index (χ3n) is 2.76. The Morgan fingerprint density at radius 2 is 1.27 bits per heavy atom. The Labute approximate surface area is 65.6 Å². The fraction of sp³-hybridized carbons (Fsp3) is 1.00. The van der Waals surface area contributed by atoms with Crippen molar-refractivity contribution in [2.24, 2.45) is 11.8 Å². The standard InChI is InChI=1S/C7H14N2O2/c10-7(11)5-1-8-3-6(7)4-9-2-5/h5-6,8-11H,1-4H2. The normalized spacial score (nSPS) is 42.0. The number of fused-ring (bicyclic) bond motifs is 2. The molecule has 0 spiro atoms. The van der Waals surface area contributed by atoms with Gasteiger partial charge in [-0.3, -0.25) is 0 Å². The van der Waals surface area contributed by atoms with Gasteiger partial charge >= 0.3 is 0 Å². The summed E-state index contributed by atoms with van der Waals surface area (Å²) in [6.07, 6.45) is 0. The number of nitrogens with one attached hydrogen (secondary N) is 2.